The minimum atomic E-state index is 0.106. The van der Waals surface area contributed by atoms with Gasteiger partial charge < -0.3 is 9.64 Å². The van der Waals surface area contributed by atoms with Gasteiger partial charge in [0.05, 0.1) is 24.6 Å². The number of aromatic nitrogens is 3. The normalized spacial score (nSPS) is 16.1. The third-order valence-corrected chi connectivity index (χ3v) is 6.68. The molecule has 1 aromatic heterocycles. The Morgan fingerprint density at radius 3 is 2.80 bits per heavy atom. The second-order valence-corrected chi connectivity index (χ2v) is 8.57. The van der Waals surface area contributed by atoms with Crippen molar-refractivity contribution in [1.82, 2.24) is 19.7 Å². The molecular weight excluding hydrogens is 420 g/mol. The number of hydrogen-bond donors (Lipinski definition) is 0. The molecule has 1 aliphatic heterocycles. The lowest BCUT2D eigenvalue weighted by Gasteiger charge is -2.25. The van der Waals surface area contributed by atoms with Crippen LogP contribution in [0.15, 0.2) is 53.9 Å². The standard InChI is InChI=1S/C22H23ClN4O2S/c1-15-5-8-17(12-19(15)23)27-14-24-25-22(27)30-13-21(28)26-11-3-4-20(26)16-6-9-18(29-2)10-7-16/h5-10,12,14,20H,3-4,11,13H2,1-2H3/t20-/m0/s1. The third kappa shape index (κ3) is 4.32. The van der Waals surface area contributed by atoms with Crippen LogP contribution in [0.5, 0.6) is 5.75 Å². The van der Waals surface area contributed by atoms with Gasteiger partial charge in [0.1, 0.15) is 12.1 Å². The van der Waals surface area contributed by atoms with E-state index in [1.165, 1.54) is 11.8 Å². The van der Waals surface area contributed by atoms with Gasteiger partial charge in [-0.1, -0.05) is 41.6 Å². The number of carbonyl (C=O) groups excluding carboxylic acids is 1. The van der Waals surface area contributed by atoms with Crippen molar-refractivity contribution in [3.8, 4) is 11.4 Å². The number of methoxy groups -OCH3 is 1. The van der Waals surface area contributed by atoms with E-state index < -0.39 is 0 Å². The Bertz CT molecular complexity index is 1040. The van der Waals surface area contributed by atoms with Crippen molar-refractivity contribution in [3.63, 3.8) is 0 Å². The highest BCUT2D eigenvalue weighted by Gasteiger charge is 2.30. The first kappa shape index (κ1) is 20.8. The molecule has 1 aliphatic rings. The van der Waals surface area contributed by atoms with Gasteiger partial charge in [-0.15, -0.1) is 10.2 Å². The fourth-order valence-corrected chi connectivity index (χ4v) is 4.67. The fourth-order valence-electron chi connectivity index (χ4n) is 3.68. The molecule has 2 heterocycles. The number of aryl methyl sites for hydroxylation is 1. The first-order valence-electron chi connectivity index (χ1n) is 9.79. The van der Waals surface area contributed by atoms with Gasteiger partial charge >= 0.3 is 0 Å². The van der Waals surface area contributed by atoms with Crippen LogP contribution in [-0.4, -0.2) is 45.0 Å². The Morgan fingerprint density at radius 2 is 2.07 bits per heavy atom. The van der Waals surface area contributed by atoms with Crippen LogP contribution in [-0.2, 0) is 4.79 Å². The van der Waals surface area contributed by atoms with Crippen LogP contribution >= 0.6 is 23.4 Å². The summed E-state index contributed by atoms with van der Waals surface area (Å²) in [6, 6.07) is 13.9. The highest BCUT2D eigenvalue weighted by molar-refractivity contribution is 7.99. The molecule has 8 heteroatoms. The van der Waals surface area contributed by atoms with Crippen molar-refractivity contribution in [2.24, 2.45) is 0 Å². The maximum Gasteiger partial charge on any atom is 0.233 e. The maximum atomic E-state index is 13.0. The van der Waals surface area contributed by atoms with Crippen molar-refractivity contribution in [2.75, 3.05) is 19.4 Å². The molecule has 0 spiro atoms. The SMILES string of the molecule is COc1ccc([C@@H]2CCCN2C(=O)CSc2nncn2-c2ccc(C)c(Cl)c2)cc1. The summed E-state index contributed by atoms with van der Waals surface area (Å²) in [6.45, 7) is 2.73. The topological polar surface area (TPSA) is 60.2 Å². The number of amides is 1. The molecule has 156 valence electrons. The molecule has 1 atom stereocenters. The van der Waals surface area contributed by atoms with Crippen LogP contribution in [0.4, 0.5) is 0 Å². The van der Waals surface area contributed by atoms with E-state index in [-0.39, 0.29) is 11.9 Å². The van der Waals surface area contributed by atoms with Gasteiger partial charge in [-0.2, -0.15) is 0 Å². The second kappa shape index (κ2) is 9.10. The van der Waals surface area contributed by atoms with Gasteiger partial charge in [-0.25, -0.2) is 0 Å². The Kier molecular flexibility index (Phi) is 6.29. The molecule has 0 bridgehead atoms. The summed E-state index contributed by atoms with van der Waals surface area (Å²) < 4.78 is 7.10. The largest absolute Gasteiger partial charge is 0.497 e. The summed E-state index contributed by atoms with van der Waals surface area (Å²) in [4.78, 5) is 15.0. The zero-order chi connectivity index (χ0) is 21.1. The van der Waals surface area contributed by atoms with Crippen LogP contribution in [0.3, 0.4) is 0 Å². The van der Waals surface area contributed by atoms with E-state index in [9.17, 15) is 4.79 Å². The Morgan fingerprint density at radius 1 is 1.27 bits per heavy atom. The van der Waals surface area contributed by atoms with Crippen LogP contribution in [0, 0.1) is 6.92 Å². The van der Waals surface area contributed by atoms with E-state index >= 15 is 0 Å². The Balaban J connectivity index is 1.44. The number of ether oxygens (including phenoxy) is 1. The summed E-state index contributed by atoms with van der Waals surface area (Å²) in [5.74, 6) is 1.24. The zero-order valence-corrected chi connectivity index (χ0v) is 18.5. The number of benzene rings is 2. The molecule has 0 unspecified atom stereocenters. The second-order valence-electron chi connectivity index (χ2n) is 7.22. The number of nitrogens with zero attached hydrogens (tertiary/aromatic N) is 4. The van der Waals surface area contributed by atoms with Crippen LogP contribution < -0.4 is 4.74 Å². The number of carbonyl (C=O) groups is 1. The van der Waals surface area contributed by atoms with Gasteiger partial charge in [0.15, 0.2) is 5.16 Å². The molecule has 1 saturated heterocycles. The number of thioether (sulfide) groups is 1. The molecule has 3 aromatic rings. The summed E-state index contributed by atoms with van der Waals surface area (Å²) in [7, 11) is 1.65. The van der Waals surface area contributed by atoms with Crippen molar-refractivity contribution in [3.05, 3.63) is 64.9 Å². The first-order chi connectivity index (χ1) is 14.6. The quantitative estimate of drug-likeness (QED) is 0.518. The van der Waals surface area contributed by atoms with Crippen LogP contribution in [0.1, 0.15) is 30.0 Å². The third-order valence-electron chi connectivity index (χ3n) is 5.35. The molecular formula is C22H23ClN4O2S. The first-order valence-corrected chi connectivity index (χ1v) is 11.2. The minimum Gasteiger partial charge on any atom is -0.497 e. The van der Waals surface area contributed by atoms with E-state index in [0.29, 0.717) is 15.9 Å². The van der Waals surface area contributed by atoms with E-state index in [2.05, 4.69) is 10.2 Å². The molecule has 0 N–H and O–H groups in total. The van der Waals surface area contributed by atoms with E-state index in [4.69, 9.17) is 16.3 Å². The molecule has 4 rings (SSSR count). The van der Waals surface area contributed by atoms with Gasteiger partial charge in [-0.05, 0) is 55.2 Å². The monoisotopic (exact) mass is 442 g/mol. The Labute approximate surface area is 185 Å². The summed E-state index contributed by atoms with van der Waals surface area (Å²) >= 11 is 7.65. The molecule has 2 aromatic carbocycles. The highest BCUT2D eigenvalue weighted by Crippen LogP contribution is 2.34. The number of halogens is 1. The van der Waals surface area contributed by atoms with Crippen molar-refractivity contribution < 1.29 is 9.53 Å². The van der Waals surface area contributed by atoms with Crippen LogP contribution in [0.2, 0.25) is 5.02 Å². The molecule has 1 amide bonds. The van der Waals surface area contributed by atoms with Gasteiger partial charge in [0.2, 0.25) is 5.91 Å². The minimum absolute atomic E-state index is 0.106. The summed E-state index contributed by atoms with van der Waals surface area (Å²) in [5.41, 5.74) is 3.03. The lowest BCUT2D eigenvalue weighted by atomic mass is 10.0. The van der Waals surface area contributed by atoms with Gasteiger partial charge in [-0.3, -0.25) is 9.36 Å². The number of likely N-dealkylation sites (tertiary alicyclic amines) is 1. The number of rotatable bonds is 6. The molecule has 30 heavy (non-hydrogen) atoms. The molecule has 6 nitrogen and oxygen atoms in total. The fraction of sp³-hybridized carbons (Fsp3) is 0.318. The van der Waals surface area contributed by atoms with Crippen molar-refractivity contribution in [1.29, 1.82) is 0 Å². The maximum absolute atomic E-state index is 13.0. The molecule has 0 radical (unpaired) electrons. The Hall–Kier alpha value is -2.51. The van der Waals surface area contributed by atoms with Gasteiger partial charge in [0, 0.05) is 11.6 Å². The lowest BCUT2D eigenvalue weighted by Crippen LogP contribution is -2.32. The predicted octanol–water partition coefficient (Wildman–Crippen LogP) is 4.69. The highest BCUT2D eigenvalue weighted by atomic mass is 35.5. The zero-order valence-electron chi connectivity index (χ0n) is 16.9. The van der Waals surface area contributed by atoms with E-state index in [1.54, 1.807) is 13.4 Å². The van der Waals surface area contributed by atoms with Gasteiger partial charge in [0.25, 0.3) is 0 Å². The smallest absolute Gasteiger partial charge is 0.233 e. The molecule has 0 saturated carbocycles. The van der Waals surface area contributed by atoms with E-state index in [1.807, 2.05) is 58.9 Å². The lowest BCUT2D eigenvalue weighted by molar-refractivity contribution is -0.129. The number of hydrogen-bond acceptors (Lipinski definition) is 5. The molecule has 0 aliphatic carbocycles. The van der Waals surface area contributed by atoms with Crippen LogP contribution in [0.25, 0.3) is 5.69 Å². The van der Waals surface area contributed by atoms with E-state index in [0.717, 1.165) is 42.0 Å². The van der Waals surface area contributed by atoms with Crippen molar-refractivity contribution in [2.45, 2.75) is 31.0 Å². The predicted molar refractivity (Wildman–Crippen MR) is 119 cm³/mol. The average Bonchev–Trinajstić information content (AvgIpc) is 3.44. The molecule has 1 fully saturated rings. The summed E-state index contributed by atoms with van der Waals surface area (Å²) in [6.07, 6.45) is 3.62. The average molecular weight is 443 g/mol. The van der Waals surface area contributed by atoms with Crippen molar-refractivity contribution >= 4 is 29.3 Å². The summed E-state index contributed by atoms with van der Waals surface area (Å²) in [5, 5.41) is 9.56.